The Morgan fingerprint density at radius 2 is 1.23 bits per heavy atom. The molecule has 0 unspecified atom stereocenters. The number of thiophene rings is 1. The smallest absolute Gasteiger partial charge is 0.174 e. The van der Waals surface area contributed by atoms with Gasteiger partial charge in [-0.2, -0.15) is 0 Å². The molecule has 0 aliphatic heterocycles. The number of aromatic nitrogens is 3. The Morgan fingerprint density at radius 1 is 0.553 bits per heavy atom. The molecule has 0 saturated carbocycles. The van der Waals surface area contributed by atoms with Crippen molar-refractivity contribution >= 4 is 43.8 Å². The minimum atomic E-state index is 0.704. The highest BCUT2D eigenvalue weighted by molar-refractivity contribution is 7.22. The minimum absolute atomic E-state index is 0.704. The molecule has 0 atom stereocenters. The molecule has 2 heterocycles. The highest BCUT2D eigenvalue weighted by atomic mass is 32.1. The normalized spacial score (nSPS) is 14.0. The van der Waals surface area contributed by atoms with Gasteiger partial charge in [0.1, 0.15) is 0 Å². The first-order valence-electron chi connectivity index (χ1n) is 16.3. The monoisotopic (exact) mass is 621 g/mol. The fourth-order valence-electron chi connectivity index (χ4n) is 7.06. The molecule has 47 heavy (non-hydrogen) atoms. The molecule has 9 rings (SSSR count). The lowest BCUT2D eigenvalue weighted by molar-refractivity contribution is 0.979. The second kappa shape index (κ2) is 11.7. The number of hydrogen-bond donors (Lipinski definition) is 0. The molecular weight excluding hydrogens is 591 g/mol. The van der Waals surface area contributed by atoms with Crippen LogP contribution in [0.15, 0.2) is 133 Å². The van der Waals surface area contributed by atoms with Gasteiger partial charge < -0.3 is 0 Å². The van der Waals surface area contributed by atoms with E-state index in [1.807, 2.05) is 0 Å². The Labute approximate surface area is 278 Å². The van der Waals surface area contributed by atoms with Crippen LogP contribution in [0.5, 0.6) is 0 Å². The van der Waals surface area contributed by atoms with Crippen LogP contribution in [0.25, 0.3) is 76.9 Å². The third-order valence-electron chi connectivity index (χ3n) is 9.28. The van der Waals surface area contributed by atoms with Gasteiger partial charge in [0.15, 0.2) is 17.5 Å². The molecular formula is C43H31N3S. The van der Waals surface area contributed by atoms with Crippen LogP contribution < -0.4 is 0 Å². The summed E-state index contributed by atoms with van der Waals surface area (Å²) in [6.07, 6.45) is 15.1. The molecule has 3 nitrogen and oxygen atoms in total. The van der Waals surface area contributed by atoms with Gasteiger partial charge in [-0.05, 0) is 92.9 Å². The summed E-state index contributed by atoms with van der Waals surface area (Å²) in [6, 6.07) is 39.2. The van der Waals surface area contributed by atoms with E-state index in [0.717, 1.165) is 53.3 Å². The maximum atomic E-state index is 5.06. The Bertz CT molecular complexity index is 2360. The van der Waals surface area contributed by atoms with E-state index in [-0.39, 0.29) is 0 Å². The summed E-state index contributed by atoms with van der Waals surface area (Å²) in [6.45, 7) is 0. The van der Waals surface area contributed by atoms with Crippen LogP contribution in [0.3, 0.4) is 0 Å². The predicted octanol–water partition coefficient (Wildman–Crippen LogP) is 11.6. The molecule has 224 valence electrons. The van der Waals surface area contributed by atoms with E-state index < -0.39 is 0 Å². The van der Waals surface area contributed by atoms with Gasteiger partial charge in [-0.15, -0.1) is 11.3 Å². The van der Waals surface area contributed by atoms with Crippen LogP contribution in [0.4, 0.5) is 0 Å². The molecule has 0 fully saturated rings. The maximum Gasteiger partial charge on any atom is 0.174 e. The summed E-state index contributed by atoms with van der Waals surface area (Å²) in [4.78, 5) is 16.2. The quantitative estimate of drug-likeness (QED) is 0.192. The fraction of sp³-hybridized carbons (Fsp3) is 0.0930. The standard InChI is InChI=1S/C43H31N3S/c1-3-13-28(14-4-1)39-33-18-8-10-20-35(33)40(36-21-11-9-19-34(36)39)29-23-25-31(26-24-29)42-44-41(30-15-5-2-6-16-30)45-43(46-42)38-27-32-17-7-12-22-37(32)47-38/h1-5,7-8,10-15,17-18,20-27H,6,9,16,19H2. The number of allylic oxidation sites excluding steroid dienone is 5. The third-order valence-corrected chi connectivity index (χ3v) is 10.4. The highest BCUT2D eigenvalue weighted by Crippen LogP contribution is 2.45. The van der Waals surface area contributed by atoms with Crippen molar-refractivity contribution in [1.29, 1.82) is 0 Å². The molecule has 2 aliphatic carbocycles. The number of nitrogens with zero attached hydrogens (tertiary/aromatic N) is 3. The van der Waals surface area contributed by atoms with Gasteiger partial charge in [0, 0.05) is 10.3 Å². The number of benzene rings is 5. The Morgan fingerprint density at radius 3 is 2.04 bits per heavy atom. The zero-order chi connectivity index (χ0) is 31.2. The summed E-state index contributed by atoms with van der Waals surface area (Å²) < 4.78 is 1.23. The molecule has 7 aromatic rings. The van der Waals surface area contributed by atoms with E-state index in [1.165, 1.54) is 54.2 Å². The summed E-state index contributed by atoms with van der Waals surface area (Å²) >= 11 is 1.73. The molecule has 4 heteroatoms. The van der Waals surface area contributed by atoms with Crippen LogP contribution in [0.1, 0.15) is 36.2 Å². The molecule has 0 spiro atoms. The molecule has 5 aromatic carbocycles. The van der Waals surface area contributed by atoms with Crippen molar-refractivity contribution in [3.63, 3.8) is 0 Å². The van der Waals surface area contributed by atoms with Gasteiger partial charge in [-0.25, -0.2) is 15.0 Å². The van der Waals surface area contributed by atoms with Crippen LogP contribution in [0, 0.1) is 0 Å². The van der Waals surface area contributed by atoms with Gasteiger partial charge >= 0.3 is 0 Å². The lowest BCUT2D eigenvalue weighted by Crippen LogP contribution is -2.03. The van der Waals surface area contributed by atoms with E-state index in [1.54, 1.807) is 11.3 Å². The molecule has 0 bridgehead atoms. The molecule has 2 aromatic heterocycles. The summed E-state index contributed by atoms with van der Waals surface area (Å²) in [5, 5.41) is 3.79. The molecule has 0 N–H and O–H groups in total. The van der Waals surface area contributed by atoms with Crippen molar-refractivity contribution in [3.8, 4) is 44.3 Å². The third kappa shape index (κ3) is 5.02. The van der Waals surface area contributed by atoms with Crippen molar-refractivity contribution in [2.75, 3.05) is 0 Å². The lowest BCUT2D eigenvalue weighted by Gasteiger charge is -2.23. The summed E-state index contributed by atoms with van der Waals surface area (Å²) in [7, 11) is 0. The van der Waals surface area contributed by atoms with Crippen LogP contribution in [-0.2, 0) is 6.42 Å². The minimum Gasteiger partial charge on any atom is -0.209 e. The first-order valence-corrected chi connectivity index (χ1v) is 17.1. The van der Waals surface area contributed by atoms with E-state index in [4.69, 9.17) is 15.0 Å². The molecule has 2 aliphatic rings. The fourth-order valence-corrected chi connectivity index (χ4v) is 8.05. The van der Waals surface area contributed by atoms with E-state index >= 15 is 0 Å². The van der Waals surface area contributed by atoms with Crippen molar-refractivity contribution < 1.29 is 0 Å². The SMILES string of the molecule is C1=CCCC(c2nc(-c3ccc(-c4c5c(c(-c6ccccc6)c6ccccc46)CCC=C5)cc3)nc(-c3cc4ccccc4s3)n2)=C1. The second-order valence-electron chi connectivity index (χ2n) is 12.2. The highest BCUT2D eigenvalue weighted by Gasteiger charge is 2.22. The number of hydrogen-bond acceptors (Lipinski definition) is 4. The average molecular weight is 622 g/mol. The van der Waals surface area contributed by atoms with Gasteiger partial charge in [-0.3, -0.25) is 0 Å². The van der Waals surface area contributed by atoms with E-state index in [9.17, 15) is 0 Å². The van der Waals surface area contributed by atoms with Crippen LogP contribution >= 0.6 is 11.3 Å². The molecule has 0 amide bonds. The Kier molecular flexibility index (Phi) is 6.94. The zero-order valence-corrected chi connectivity index (χ0v) is 26.7. The van der Waals surface area contributed by atoms with Crippen molar-refractivity contribution in [2.24, 2.45) is 0 Å². The first-order chi connectivity index (χ1) is 23.3. The number of rotatable bonds is 5. The van der Waals surface area contributed by atoms with Gasteiger partial charge in [0.25, 0.3) is 0 Å². The molecule has 0 radical (unpaired) electrons. The predicted molar refractivity (Wildman–Crippen MR) is 198 cm³/mol. The van der Waals surface area contributed by atoms with Crippen molar-refractivity contribution in [3.05, 3.63) is 150 Å². The summed E-state index contributed by atoms with van der Waals surface area (Å²) in [5.74, 6) is 2.20. The largest absolute Gasteiger partial charge is 0.209 e. The Hall–Kier alpha value is -5.45. The van der Waals surface area contributed by atoms with Crippen LogP contribution in [-0.4, -0.2) is 15.0 Å². The topological polar surface area (TPSA) is 38.7 Å². The zero-order valence-electron chi connectivity index (χ0n) is 25.9. The van der Waals surface area contributed by atoms with Gasteiger partial charge in [0.05, 0.1) is 4.88 Å². The van der Waals surface area contributed by atoms with Crippen molar-refractivity contribution in [1.82, 2.24) is 15.0 Å². The lowest BCUT2D eigenvalue weighted by atomic mass is 9.80. The summed E-state index contributed by atoms with van der Waals surface area (Å²) in [5.41, 5.74) is 10.0. The van der Waals surface area contributed by atoms with Crippen molar-refractivity contribution in [2.45, 2.75) is 25.7 Å². The molecule has 0 saturated heterocycles. The Balaban J connectivity index is 1.19. The first kappa shape index (κ1) is 27.8. The van der Waals surface area contributed by atoms with Crippen LogP contribution in [0.2, 0.25) is 0 Å². The average Bonchev–Trinajstić information content (AvgIpc) is 3.59. The number of fused-ring (bicyclic) bond motifs is 3. The second-order valence-corrected chi connectivity index (χ2v) is 13.3. The van der Waals surface area contributed by atoms with E-state index in [2.05, 4.69) is 140 Å². The maximum absolute atomic E-state index is 5.06. The van der Waals surface area contributed by atoms with E-state index in [0.29, 0.717) is 5.82 Å². The van der Waals surface area contributed by atoms with Gasteiger partial charge in [-0.1, -0.05) is 127 Å². The van der Waals surface area contributed by atoms with Gasteiger partial charge in [0.2, 0.25) is 0 Å².